The van der Waals surface area contributed by atoms with Crippen LogP contribution in [0.4, 0.5) is 5.82 Å². The molecule has 6 heteroatoms. The van der Waals surface area contributed by atoms with E-state index in [2.05, 4.69) is 10.3 Å². The lowest BCUT2D eigenvalue weighted by molar-refractivity contribution is -0.118. The Kier molecular flexibility index (Phi) is 5.89. The molecule has 0 aliphatic carbocycles. The van der Waals surface area contributed by atoms with Crippen molar-refractivity contribution in [1.82, 2.24) is 9.97 Å². The summed E-state index contributed by atoms with van der Waals surface area (Å²) in [5.41, 5.74) is 2.44. The SMILES string of the molecule is COc1ccc(-c2cc(NC(=O)C(C)C)nc(-c3ccc(OC)cc3)n2)cc1. The average molecular weight is 377 g/mol. The molecule has 0 spiro atoms. The zero-order chi connectivity index (χ0) is 20.1. The van der Waals surface area contributed by atoms with Crippen LogP contribution in [-0.2, 0) is 4.79 Å². The standard InChI is InChI=1S/C22H23N3O3/c1-14(2)22(26)25-20-13-19(15-5-9-17(27-3)10-6-15)23-21(24-20)16-7-11-18(28-4)12-8-16/h5-14H,1-4H3,(H,23,24,25,26). The van der Waals surface area contributed by atoms with E-state index in [0.717, 1.165) is 22.6 Å². The fourth-order valence-corrected chi connectivity index (χ4v) is 2.56. The van der Waals surface area contributed by atoms with Crippen LogP contribution in [0.1, 0.15) is 13.8 Å². The number of hydrogen-bond acceptors (Lipinski definition) is 5. The first-order valence-corrected chi connectivity index (χ1v) is 8.99. The van der Waals surface area contributed by atoms with Gasteiger partial charge in [0.25, 0.3) is 0 Å². The van der Waals surface area contributed by atoms with Gasteiger partial charge in [-0.25, -0.2) is 9.97 Å². The van der Waals surface area contributed by atoms with Crippen LogP contribution in [0.5, 0.6) is 11.5 Å². The second-order valence-electron chi connectivity index (χ2n) is 6.56. The van der Waals surface area contributed by atoms with Crippen LogP contribution in [0.2, 0.25) is 0 Å². The van der Waals surface area contributed by atoms with Crippen LogP contribution in [0, 0.1) is 5.92 Å². The molecule has 0 aliphatic rings. The van der Waals surface area contributed by atoms with Gasteiger partial charge in [0.2, 0.25) is 5.91 Å². The van der Waals surface area contributed by atoms with Crippen LogP contribution in [0.3, 0.4) is 0 Å². The third-order valence-corrected chi connectivity index (χ3v) is 4.24. The minimum Gasteiger partial charge on any atom is -0.497 e. The summed E-state index contributed by atoms with van der Waals surface area (Å²) in [4.78, 5) is 21.4. The van der Waals surface area contributed by atoms with E-state index in [1.54, 1.807) is 20.3 Å². The number of nitrogens with one attached hydrogen (secondary N) is 1. The minimum atomic E-state index is -0.149. The van der Waals surface area contributed by atoms with E-state index in [-0.39, 0.29) is 11.8 Å². The van der Waals surface area contributed by atoms with Crippen LogP contribution >= 0.6 is 0 Å². The summed E-state index contributed by atoms with van der Waals surface area (Å²) < 4.78 is 10.4. The summed E-state index contributed by atoms with van der Waals surface area (Å²) >= 11 is 0. The number of anilines is 1. The summed E-state index contributed by atoms with van der Waals surface area (Å²) in [7, 11) is 3.25. The fraction of sp³-hybridized carbons (Fsp3) is 0.227. The largest absolute Gasteiger partial charge is 0.497 e. The Morgan fingerprint density at radius 1 is 0.857 bits per heavy atom. The highest BCUT2D eigenvalue weighted by Crippen LogP contribution is 2.27. The number of carbonyl (C=O) groups excluding carboxylic acids is 1. The van der Waals surface area contributed by atoms with E-state index in [4.69, 9.17) is 14.5 Å². The van der Waals surface area contributed by atoms with Crippen molar-refractivity contribution in [3.05, 3.63) is 54.6 Å². The number of hydrogen-bond donors (Lipinski definition) is 1. The van der Waals surface area contributed by atoms with Crippen molar-refractivity contribution in [1.29, 1.82) is 0 Å². The molecule has 28 heavy (non-hydrogen) atoms. The molecule has 0 fully saturated rings. The molecular weight excluding hydrogens is 354 g/mol. The lowest BCUT2D eigenvalue weighted by Crippen LogP contribution is -2.19. The average Bonchev–Trinajstić information content (AvgIpc) is 2.73. The number of ether oxygens (including phenoxy) is 2. The summed E-state index contributed by atoms with van der Waals surface area (Å²) in [5, 5.41) is 2.87. The maximum atomic E-state index is 12.2. The molecule has 1 heterocycles. The first-order valence-electron chi connectivity index (χ1n) is 8.99. The Hall–Kier alpha value is -3.41. The van der Waals surface area contributed by atoms with Gasteiger partial charge in [-0.1, -0.05) is 13.8 Å². The highest BCUT2D eigenvalue weighted by molar-refractivity contribution is 5.91. The number of aromatic nitrogens is 2. The quantitative estimate of drug-likeness (QED) is 0.688. The summed E-state index contributed by atoms with van der Waals surface area (Å²) in [5.74, 6) is 2.26. The van der Waals surface area contributed by atoms with Crippen molar-refractivity contribution in [2.45, 2.75) is 13.8 Å². The molecule has 0 radical (unpaired) electrons. The normalized spacial score (nSPS) is 10.6. The molecule has 3 aromatic rings. The van der Waals surface area contributed by atoms with Gasteiger partial charge in [0.15, 0.2) is 5.82 Å². The molecule has 1 N–H and O–H groups in total. The van der Waals surface area contributed by atoms with E-state index < -0.39 is 0 Å². The predicted octanol–water partition coefficient (Wildman–Crippen LogP) is 4.42. The Morgan fingerprint density at radius 2 is 1.39 bits per heavy atom. The molecule has 0 unspecified atom stereocenters. The number of rotatable bonds is 6. The molecule has 1 amide bonds. The number of methoxy groups -OCH3 is 2. The number of amides is 1. The molecule has 0 saturated heterocycles. The van der Waals surface area contributed by atoms with Crippen molar-refractivity contribution in [3.8, 4) is 34.1 Å². The van der Waals surface area contributed by atoms with Crippen molar-refractivity contribution >= 4 is 11.7 Å². The zero-order valence-electron chi connectivity index (χ0n) is 16.4. The van der Waals surface area contributed by atoms with Crippen LogP contribution in [0.25, 0.3) is 22.6 Å². The minimum absolute atomic E-state index is 0.0972. The molecule has 0 bridgehead atoms. The van der Waals surface area contributed by atoms with Gasteiger partial charge in [0.1, 0.15) is 17.3 Å². The maximum Gasteiger partial charge on any atom is 0.228 e. The van der Waals surface area contributed by atoms with E-state index in [0.29, 0.717) is 17.3 Å². The third kappa shape index (κ3) is 4.46. The smallest absolute Gasteiger partial charge is 0.228 e. The van der Waals surface area contributed by atoms with Gasteiger partial charge in [-0.3, -0.25) is 4.79 Å². The third-order valence-electron chi connectivity index (χ3n) is 4.24. The highest BCUT2D eigenvalue weighted by atomic mass is 16.5. The Bertz CT molecular complexity index is 886. The molecule has 144 valence electrons. The highest BCUT2D eigenvalue weighted by Gasteiger charge is 2.13. The van der Waals surface area contributed by atoms with Crippen LogP contribution < -0.4 is 14.8 Å². The Morgan fingerprint density at radius 3 is 1.89 bits per heavy atom. The number of benzene rings is 2. The zero-order valence-corrected chi connectivity index (χ0v) is 16.4. The molecule has 6 nitrogen and oxygen atoms in total. The molecule has 1 aromatic heterocycles. The first-order chi connectivity index (χ1) is 13.5. The van der Waals surface area contributed by atoms with Crippen LogP contribution in [0.15, 0.2) is 54.6 Å². The second kappa shape index (κ2) is 8.52. The van der Waals surface area contributed by atoms with E-state index in [1.165, 1.54) is 0 Å². The summed E-state index contributed by atoms with van der Waals surface area (Å²) in [6.07, 6.45) is 0. The molecule has 2 aromatic carbocycles. The second-order valence-corrected chi connectivity index (χ2v) is 6.56. The van der Waals surface area contributed by atoms with Crippen molar-refractivity contribution in [3.63, 3.8) is 0 Å². The number of nitrogens with zero attached hydrogens (tertiary/aromatic N) is 2. The summed E-state index contributed by atoms with van der Waals surface area (Å²) in [6, 6.07) is 16.8. The van der Waals surface area contributed by atoms with Gasteiger partial charge in [0, 0.05) is 23.1 Å². The lowest BCUT2D eigenvalue weighted by atomic mass is 10.1. The first kappa shape index (κ1) is 19.4. The Balaban J connectivity index is 2.05. The van der Waals surface area contributed by atoms with E-state index in [1.807, 2.05) is 62.4 Å². The molecule has 0 atom stereocenters. The van der Waals surface area contributed by atoms with Gasteiger partial charge in [-0.05, 0) is 48.5 Å². The molecular formula is C22H23N3O3. The van der Waals surface area contributed by atoms with Crippen molar-refractivity contribution < 1.29 is 14.3 Å². The van der Waals surface area contributed by atoms with Gasteiger partial charge < -0.3 is 14.8 Å². The molecule has 3 rings (SSSR count). The van der Waals surface area contributed by atoms with Crippen LogP contribution in [-0.4, -0.2) is 30.1 Å². The van der Waals surface area contributed by atoms with Crippen molar-refractivity contribution in [2.75, 3.05) is 19.5 Å². The monoisotopic (exact) mass is 377 g/mol. The fourth-order valence-electron chi connectivity index (χ4n) is 2.56. The predicted molar refractivity (Wildman–Crippen MR) is 109 cm³/mol. The van der Waals surface area contributed by atoms with Gasteiger partial charge in [-0.15, -0.1) is 0 Å². The topological polar surface area (TPSA) is 73.3 Å². The van der Waals surface area contributed by atoms with Gasteiger partial charge in [-0.2, -0.15) is 0 Å². The Labute approximate surface area is 164 Å². The lowest BCUT2D eigenvalue weighted by Gasteiger charge is -2.12. The van der Waals surface area contributed by atoms with Gasteiger partial charge in [0.05, 0.1) is 19.9 Å². The summed E-state index contributed by atoms with van der Waals surface area (Å²) in [6.45, 7) is 3.68. The molecule has 0 aliphatic heterocycles. The maximum absolute atomic E-state index is 12.2. The molecule has 0 saturated carbocycles. The van der Waals surface area contributed by atoms with E-state index in [9.17, 15) is 4.79 Å². The van der Waals surface area contributed by atoms with Gasteiger partial charge >= 0.3 is 0 Å². The number of carbonyl (C=O) groups is 1. The van der Waals surface area contributed by atoms with E-state index >= 15 is 0 Å². The van der Waals surface area contributed by atoms with Crippen molar-refractivity contribution in [2.24, 2.45) is 5.92 Å².